The molecule has 0 amide bonds. The van der Waals surface area contributed by atoms with Crippen LogP contribution in [0.25, 0.3) is 0 Å². The number of ether oxygens (including phenoxy) is 2. The number of carbonyl (C=O) groups is 2. The minimum atomic E-state index is -0.805. The van der Waals surface area contributed by atoms with Gasteiger partial charge in [0.05, 0.1) is 6.61 Å². The Balaban J connectivity index is 3.64. The predicted molar refractivity (Wildman–Crippen MR) is 233 cm³/mol. The number of carbonyl (C=O) groups excluding carboxylic acids is 2. The second kappa shape index (κ2) is 44.7. The Bertz CT molecular complexity index is 988. The lowest BCUT2D eigenvalue weighted by Gasteiger charge is -2.15. The molecule has 0 aliphatic heterocycles. The summed E-state index contributed by atoms with van der Waals surface area (Å²) in [4.78, 5) is 24.3. The average molecular weight is 753 g/mol. The summed E-state index contributed by atoms with van der Waals surface area (Å²) < 4.78 is 10.6. The standard InChI is InChI=1S/C49H84O5/c1-3-5-7-9-11-13-15-17-19-21-23-24-26-28-30-32-34-36-38-40-42-44-49(52)54-47(45-50)46-53-48(51)43-41-39-37-35-33-31-29-27-25-22-20-18-16-14-12-10-8-6-4-2/h12,14,17-20,25,27,31,33,37,39,47,50H,3-11,13,15-16,21-24,26,28-30,32,34-36,38,40-46H2,1-2H3/t47-/m0/s1. The number of allylic oxidation sites excluding steroid dienone is 12. The molecule has 0 aliphatic carbocycles. The van der Waals surface area contributed by atoms with E-state index in [1.807, 2.05) is 12.2 Å². The van der Waals surface area contributed by atoms with Gasteiger partial charge in [-0.05, 0) is 77.0 Å². The highest BCUT2D eigenvalue weighted by Gasteiger charge is 2.15. The third kappa shape index (κ3) is 42.1. The van der Waals surface area contributed by atoms with Crippen LogP contribution >= 0.6 is 0 Å². The van der Waals surface area contributed by atoms with Gasteiger partial charge in [-0.15, -0.1) is 0 Å². The topological polar surface area (TPSA) is 72.8 Å². The molecule has 0 radical (unpaired) electrons. The molecule has 5 nitrogen and oxygen atoms in total. The zero-order valence-electron chi connectivity index (χ0n) is 35.2. The Kier molecular flexibility index (Phi) is 42.5. The summed E-state index contributed by atoms with van der Waals surface area (Å²) >= 11 is 0. The first kappa shape index (κ1) is 51.3. The molecule has 0 bridgehead atoms. The van der Waals surface area contributed by atoms with Crippen molar-refractivity contribution in [3.05, 3.63) is 72.9 Å². The van der Waals surface area contributed by atoms with Crippen molar-refractivity contribution in [2.24, 2.45) is 0 Å². The second-order valence-corrected chi connectivity index (χ2v) is 14.8. The van der Waals surface area contributed by atoms with E-state index < -0.39 is 6.10 Å². The van der Waals surface area contributed by atoms with Crippen LogP contribution in [0.15, 0.2) is 72.9 Å². The molecule has 0 spiro atoms. The molecule has 54 heavy (non-hydrogen) atoms. The van der Waals surface area contributed by atoms with Crippen LogP contribution in [0.4, 0.5) is 0 Å². The molecule has 0 fully saturated rings. The van der Waals surface area contributed by atoms with Crippen molar-refractivity contribution in [2.45, 2.75) is 213 Å². The van der Waals surface area contributed by atoms with Crippen LogP contribution in [0.3, 0.4) is 0 Å². The van der Waals surface area contributed by atoms with Gasteiger partial charge in [0, 0.05) is 12.8 Å². The van der Waals surface area contributed by atoms with Crippen LogP contribution in [0.1, 0.15) is 206 Å². The Morgan fingerprint density at radius 3 is 1.24 bits per heavy atom. The summed E-state index contributed by atoms with van der Waals surface area (Å²) in [7, 11) is 0. The molecule has 0 aromatic carbocycles. The molecular formula is C49H84O5. The van der Waals surface area contributed by atoms with E-state index in [0.29, 0.717) is 12.8 Å². The van der Waals surface area contributed by atoms with E-state index >= 15 is 0 Å². The third-order valence-electron chi connectivity index (χ3n) is 9.49. The highest BCUT2D eigenvalue weighted by Crippen LogP contribution is 2.14. The summed E-state index contributed by atoms with van der Waals surface area (Å²) in [5.41, 5.74) is 0. The van der Waals surface area contributed by atoms with Crippen LogP contribution in [-0.2, 0) is 19.1 Å². The minimum Gasteiger partial charge on any atom is -0.462 e. The van der Waals surface area contributed by atoms with E-state index in [9.17, 15) is 14.7 Å². The molecule has 0 unspecified atom stereocenters. The van der Waals surface area contributed by atoms with Gasteiger partial charge in [-0.1, -0.05) is 189 Å². The van der Waals surface area contributed by atoms with Crippen molar-refractivity contribution in [1.29, 1.82) is 0 Å². The maximum atomic E-state index is 12.2. The summed E-state index contributed by atoms with van der Waals surface area (Å²) in [5, 5.41) is 9.58. The van der Waals surface area contributed by atoms with Gasteiger partial charge in [0.2, 0.25) is 0 Å². The molecule has 0 saturated heterocycles. The highest BCUT2D eigenvalue weighted by atomic mass is 16.6. The molecule has 0 aliphatic rings. The van der Waals surface area contributed by atoms with Crippen molar-refractivity contribution >= 4 is 11.9 Å². The van der Waals surface area contributed by atoms with Crippen LogP contribution in [-0.4, -0.2) is 36.4 Å². The van der Waals surface area contributed by atoms with Gasteiger partial charge < -0.3 is 14.6 Å². The maximum absolute atomic E-state index is 12.2. The van der Waals surface area contributed by atoms with E-state index in [0.717, 1.165) is 44.9 Å². The Hall–Kier alpha value is -2.66. The number of unbranched alkanes of at least 4 members (excludes halogenated alkanes) is 20. The van der Waals surface area contributed by atoms with Gasteiger partial charge >= 0.3 is 11.9 Å². The average Bonchev–Trinajstić information content (AvgIpc) is 3.17. The summed E-state index contributed by atoms with van der Waals surface area (Å²) in [5.74, 6) is -0.688. The molecule has 5 heteroatoms. The molecule has 0 aromatic rings. The number of aliphatic hydroxyl groups excluding tert-OH is 1. The highest BCUT2D eigenvalue weighted by molar-refractivity contribution is 5.70. The minimum absolute atomic E-state index is 0.108. The molecular weight excluding hydrogens is 669 g/mol. The normalized spacial score (nSPS) is 12.9. The Labute approximate surface area is 333 Å². The molecule has 0 saturated carbocycles. The van der Waals surface area contributed by atoms with Crippen molar-refractivity contribution in [3.8, 4) is 0 Å². The lowest BCUT2D eigenvalue weighted by Crippen LogP contribution is -2.28. The fourth-order valence-electron chi connectivity index (χ4n) is 6.06. The SMILES string of the molecule is CCCCCC=CCC=CCC=CCC=CCC=CCCC(=O)OC[C@H](CO)OC(=O)CCCCCCCCCCCCCC=CCCCCCCCC. The molecule has 0 heterocycles. The fraction of sp³-hybridized carbons (Fsp3) is 0.714. The lowest BCUT2D eigenvalue weighted by atomic mass is 10.0. The zero-order chi connectivity index (χ0) is 39.3. The molecule has 310 valence electrons. The first-order chi connectivity index (χ1) is 26.6. The Morgan fingerprint density at radius 2 is 0.778 bits per heavy atom. The van der Waals surface area contributed by atoms with E-state index in [4.69, 9.17) is 9.47 Å². The van der Waals surface area contributed by atoms with E-state index in [2.05, 4.69) is 74.6 Å². The lowest BCUT2D eigenvalue weighted by molar-refractivity contribution is -0.161. The van der Waals surface area contributed by atoms with Crippen LogP contribution in [0, 0.1) is 0 Å². The van der Waals surface area contributed by atoms with E-state index in [1.54, 1.807) is 0 Å². The first-order valence-corrected chi connectivity index (χ1v) is 22.5. The van der Waals surface area contributed by atoms with Gasteiger partial charge in [0.25, 0.3) is 0 Å². The van der Waals surface area contributed by atoms with Gasteiger partial charge in [0.1, 0.15) is 6.61 Å². The summed E-state index contributed by atoms with van der Waals surface area (Å²) in [6, 6.07) is 0. The summed E-state index contributed by atoms with van der Waals surface area (Å²) in [6.45, 7) is 4.04. The van der Waals surface area contributed by atoms with E-state index in [-0.39, 0.29) is 31.6 Å². The van der Waals surface area contributed by atoms with Gasteiger partial charge in [-0.2, -0.15) is 0 Å². The summed E-state index contributed by atoms with van der Waals surface area (Å²) in [6.07, 6.45) is 59.8. The number of hydrogen-bond acceptors (Lipinski definition) is 5. The van der Waals surface area contributed by atoms with Gasteiger partial charge in [-0.25, -0.2) is 0 Å². The largest absolute Gasteiger partial charge is 0.462 e. The predicted octanol–water partition coefficient (Wildman–Crippen LogP) is 14.5. The number of rotatable bonds is 40. The number of hydrogen-bond donors (Lipinski definition) is 1. The quantitative estimate of drug-likeness (QED) is 0.0383. The van der Waals surface area contributed by atoms with Crippen molar-refractivity contribution in [2.75, 3.05) is 13.2 Å². The molecule has 0 aromatic heterocycles. The fourth-order valence-corrected chi connectivity index (χ4v) is 6.06. The first-order valence-electron chi connectivity index (χ1n) is 22.5. The van der Waals surface area contributed by atoms with Crippen molar-refractivity contribution in [3.63, 3.8) is 0 Å². The van der Waals surface area contributed by atoms with Crippen LogP contribution in [0.2, 0.25) is 0 Å². The van der Waals surface area contributed by atoms with E-state index in [1.165, 1.54) is 128 Å². The second-order valence-electron chi connectivity index (χ2n) is 14.8. The van der Waals surface area contributed by atoms with Crippen molar-refractivity contribution < 1.29 is 24.2 Å². The molecule has 1 atom stereocenters. The van der Waals surface area contributed by atoms with Crippen molar-refractivity contribution in [1.82, 2.24) is 0 Å². The maximum Gasteiger partial charge on any atom is 0.306 e. The number of esters is 2. The van der Waals surface area contributed by atoms with Gasteiger partial charge in [0.15, 0.2) is 6.10 Å². The molecule has 1 N–H and O–H groups in total. The zero-order valence-corrected chi connectivity index (χ0v) is 35.2. The molecule has 0 rings (SSSR count). The van der Waals surface area contributed by atoms with Gasteiger partial charge in [-0.3, -0.25) is 9.59 Å². The van der Waals surface area contributed by atoms with Crippen LogP contribution in [0.5, 0.6) is 0 Å². The Morgan fingerprint density at radius 1 is 0.426 bits per heavy atom. The number of aliphatic hydroxyl groups is 1. The smallest absolute Gasteiger partial charge is 0.306 e. The van der Waals surface area contributed by atoms with Crippen LogP contribution < -0.4 is 0 Å². The monoisotopic (exact) mass is 753 g/mol. The third-order valence-corrected chi connectivity index (χ3v) is 9.49.